The Kier molecular flexibility index (Phi) is 2.21. The smallest absolute Gasteiger partial charge is 0.0933 e. The van der Waals surface area contributed by atoms with Gasteiger partial charge in [0.05, 0.1) is 5.84 Å². The highest BCUT2D eigenvalue weighted by atomic mass is 15.1. The van der Waals surface area contributed by atoms with Gasteiger partial charge in [-0.2, -0.15) is 0 Å². The molecule has 0 aromatic rings. The van der Waals surface area contributed by atoms with Crippen LogP contribution < -0.4 is 5.32 Å². The van der Waals surface area contributed by atoms with E-state index in [1.165, 1.54) is 6.42 Å². The maximum atomic E-state index is 4.30. The first-order valence-electron chi connectivity index (χ1n) is 4.28. The third-order valence-corrected chi connectivity index (χ3v) is 2.20. The molecular weight excluding hydrogens is 136 g/mol. The standard InChI is InChI=1S/C9H18N2/c1-7-10-6-5-8(11-7)9(2,3)4/h8H,5-6H2,1-4H3,(H,10,11). The Hall–Kier alpha value is -0.530. The van der Waals surface area contributed by atoms with Crippen LogP contribution in [0.1, 0.15) is 34.1 Å². The average molecular weight is 154 g/mol. The molecule has 1 aliphatic heterocycles. The first-order chi connectivity index (χ1) is 5.00. The minimum atomic E-state index is 0.358. The molecule has 0 spiro atoms. The number of hydrogen-bond acceptors (Lipinski definition) is 2. The van der Waals surface area contributed by atoms with Crippen molar-refractivity contribution in [3.05, 3.63) is 0 Å². The summed E-state index contributed by atoms with van der Waals surface area (Å²) in [4.78, 5) is 4.30. The normalized spacial score (nSPS) is 25.8. The van der Waals surface area contributed by atoms with E-state index in [-0.39, 0.29) is 0 Å². The van der Waals surface area contributed by atoms with Gasteiger partial charge in [0.2, 0.25) is 0 Å². The molecule has 1 heterocycles. The van der Waals surface area contributed by atoms with Crippen LogP contribution in [-0.2, 0) is 0 Å². The Morgan fingerprint density at radius 2 is 2.09 bits per heavy atom. The predicted octanol–water partition coefficient (Wildman–Crippen LogP) is 1.81. The van der Waals surface area contributed by atoms with Crippen molar-refractivity contribution in [3.8, 4) is 0 Å². The fraction of sp³-hybridized carbons (Fsp3) is 0.889. The van der Waals surface area contributed by atoms with Crippen molar-refractivity contribution >= 4 is 5.84 Å². The largest absolute Gasteiger partial charge is 0.371 e. The van der Waals surface area contributed by atoms with Crippen LogP contribution in [0, 0.1) is 5.41 Å². The molecule has 0 bridgehead atoms. The van der Waals surface area contributed by atoms with E-state index in [1.54, 1.807) is 0 Å². The van der Waals surface area contributed by atoms with Gasteiger partial charge in [0.25, 0.3) is 0 Å². The Bertz CT molecular complexity index is 165. The minimum absolute atomic E-state index is 0.358. The third-order valence-electron chi connectivity index (χ3n) is 2.20. The molecular formula is C9H18N2. The molecule has 0 aliphatic carbocycles. The van der Waals surface area contributed by atoms with Crippen molar-refractivity contribution in [3.63, 3.8) is 0 Å². The molecule has 2 nitrogen and oxygen atoms in total. The average Bonchev–Trinajstić information content (AvgIpc) is 1.86. The van der Waals surface area contributed by atoms with E-state index >= 15 is 0 Å². The topological polar surface area (TPSA) is 24.4 Å². The molecule has 0 aromatic heterocycles. The van der Waals surface area contributed by atoms with E-state index in [4.69, 9.17) is 0 Å². The van der Waals surface area contributed by atoms with Crippen LogP contribution in [0.4, 0.5) is 0 Å². The van der Waals surface area contributed by atoms with Crippen LogP contribution >= 0.6 is 0 Å². The Morgan fingerprint density at radius 1 is 1.45 bits per heavy atom. The van der Waals surface area contributed by atoms with Gasteiger partial charge in [-0.3, -0.25) is 4.99 Å². The third kappa shape index (κ3) is 2.21. The van der Waals surface area contributed by atoms with Gasteiger partial charge < -0.3 is 5.32 Å². The fourth-order valence-electron chi connectivity index (χ4n) is 1.38. The summed E-state index contributed by atoms with van der Waals surface area (Å²) < 4.78 is 0. The van der Waals surface area contributed by atoms with Gasteiger partial charge in [-0.05, 0) is 18.8 Å². The summed E-state index contributed by atoms with van der Waals surface area (Å²) in [5.74, 6) is 1.09. The molecule has 64 valence electrons. The molecule has 11 heavy (non-hydrogen) atoms. The number of rotatable bonds is 0. The lowest BCUT2D eigenvalue weighted by Gasteiger charge is -2.34. The van der Waals surface area contributed by atoms with E-state index in [1.807, 2.05) is 6.92 Å². The molecule has 1 aliphatic rings. The van der Waals surface area contributed by atoms with E-state index in [9.17, 15) is 0 Å². The second-order valence-corrected chi connectivity index (χ2v) is 4.32. The SMILES string of the molecule is CC1=NCCC(C(C)(C)C)N1. The highest BCUT2D eigenvalue weighted by Gasteiger charge is 2.25. The summed E-state index contributed by atoms with van der Waals surface area (Å²) in [7, 11) is 0. The van der Waals surface area contributed by atoms with E-state index in [0.717, 1.165) is 12.4 Å². The highest BCUT2D eigenvalue weighted by Crippen LogP contribution is 2.23. The molecule has 0 aromatic carbocycles. The quantitative estimate of drug-likeness (QED) is 0.565. The summed E-state index contributed by atoms with van der Waals surface area (Å²) in [6.07, 6.45) is 1.17. The highest BCUT2D eigenvalue weighted by molar-refractivity contribution is 5.80. The van der Waals surface area contributed by atoms with Gasteiger partial charge >= 0.3 is 0 Å². The molecule has 0 amide bonds. The van der Waals surface area contributed by atoms with Crippen molar-refractivity contribution in [2.45, 2.75) is 40.2 Å². The van der Waals surface area contributed by atoms with Crippen LogP contribution in [-0.4, -0.2) is 18.4 Å². The summed E-state index contributed by atoms with van der Waals surface area (Å²) in [5.41, 5.74) is 0.358. The summed E-state index contributed by atoms with van der Waals surface area (Å²) >= 11 is 0. The number of aliphatic imine (C=N–C) groups is 1. The van der Waals surface area contributed by atoms with Crippen molar-refractivity contribution in [1.29, 1.82) is 0 Å². The van der Waals surface area contributed by atoms with Crippen LogP contribution in [0.15, 0.2) is 4.99 Å². The lowest BCUT2D eigenvalue weighted by Crippen LogP contribution is -2.45. The Labute approximate surface area is 69.1 Å². The molecule has 0 saturated heterocycles. The number of amidine groups is 1. The van der Waals surface area contributed by atoms with Crippen LogP contribution in [0.5, 0.6) is 0 Å². The second-order valence-electron chi connectivity index (χ2n) is 4.32. The zero-order valence-corrected chi connectivity index (χ0v) is 7.94. The van der Waals surface area contributed by atoms with Gasteiger partial charge in [-0.25, -0.2) is 0 Å². The lowest BCUT2D eigenvalue weighted by atomic mass is 9.84. The second kappa shape index (κ2) is 2.84. The van der Waals surface area contributed by atoms with E-state index in [0.29, 0.717) is 11.5 Å². The molecule has 2 heteroatoms. The first kappa shape index (κ1) is 8.57. The molecule has 1 unspecified atom stereocenters. The maximum Gasteiger partial charge on any atom is 0.0933 e. The fourth-order valence-corrected chi connectivity index (χ4v) is 1.38. The molecule has 1 N–H and O–H groups in total. The Balaban J connectivity index is 2.58. The van der Waals surface area contributed by atoms with Crippen molar-refractivity contribution < 1.29 is 0 Å². The zero-order chi connectivity index (χ0) is 8.48. The van der Waals surface area contributed by atoms with Crippen LogP contribution in [0.2, 0.25) is 0 Å². The van der Waals surface area contributed by atoms with Gasteiger partial charge in [-0.15, -0.1) is 0 Å². The van der Waals surface area contributed by atoms with Crippen LogP contribution in [0.3, 0.4) is 0 Å². The minimum Gasteiger partial charge on any atom is -0.371 e. The summed E-state index contributed by atoms with van der Waals surface area (Å²) in [6.45, 7) is 9.83. The number of nitrogens with one attached hydrogen (secondary N) is 1. The van der Waals surface area contributed by atoms with E-state index < -0.39 is 0 Å². The zero-order valence-electron chi connectivity index (χ0n) is 7.94. The molecule has 1 rings (SSSR count). The monoisotopic (exact) mass is 154 g/mol. The summed E-state index contributed by atoms with van der Waals surface area (Å²) in [5, 5.41) is 3.41. The van der Waals surface area contributed by atoms with Crippen molar-refractivity contribution in [2.75, 3.05) is 6.54 Å². The van der Waals surface area contributed by atoms with Gasteiger partial charge in [0.1, 0.15) is 0 Å². The lowest BCUT2D eigenvalue weighted by molar-refractivity contribution is 0.278. The van der Waals surface area contributed by atoms with Gasteiger partial charge in [0.15, 0.2) is 0 Å². The van der Waals surface area contributed by atoms with E-state index in [2.05, 4.69) is 31.1 Å². The first-order valence-corrected chi connectivity index (χ1v) is 4.28. The van der Waals surface area contributed by atoms with Crippen molar-refractivity contribution in [2.24, 2.45) is 10.4 Å². The predicted molar refractivity (Wildman–Crippen MR) is 49.0 cm³/mol. The van der Waals surface area contributed by atoms with Crippen LogP contribution in [0.25, 0.3) is 0 Å². The molecule has 0 fully saturated rings. The number of nitrogens with zero attached hydrogens (tertiary/aromatic N) is 1. The molecule has 1 atom stereocenters. The molecule has 0 saturated carbocycles. The van der Waals surface area contributed by atoms with Crippen molar-refractivity contribution in [1.82, 2.24) is 5.32 Å². The Morgan fingerprint density at radius 3 is 2.45 bits per heavy atom. The van der Waals surface area contributed by atoms with Gasteiger partial charge in [-0.1, -0.05) is 20.8 Å². The molecule has 0 radical (unpaired) electrons. The summed E-state index contributed by atoms with van der Waals surface area (Å²) in [6, 6.07) is 0.597. The maximum absolute atomic E-state index is 4.30. The van der Waals surface area contributed by atoms with Gasteiger partial charge in [0, 0.05) is 12.6 Å². The number of hydrogen-bond donors (Lipinski definition) is 1.